The van der Waals surface area contributed by atoms with Crippen molar-refractivity contribution >= 4 is 23.5 Å². The first-order valence-corrected chi connectivity index (χ1v) is 11.0. The summed E-state index contributed by atoms with van der Waals surface area (Å²) in [6, 6.07) is 12.7. The topological polar surface area (TPSA) is 101 Å². The van der Waals surface area contributed by atoms with Crippen LogP contribution in [0.15, 0.2) is 85.4 Å². The number of ether oxygens (including phenoxy) is 1. The van der Waals surface area contributed by atoms with Crippen LogP contribution in [0.1, 0.15) is 23.2 Å². The van der Waals surface area contributed by atoms with Crippen molar-refractivity contribution in [2.24, 2.45) is 5.41 Å². The van der Waals surface area contributed by atoms with Crippen LogP contribution in [-0.2, 0) is 4.79 Å². The van der Waals surface area contributed by atoms with Crippen LogP contribution >= 0.6 is 11.6 Å². The van der Waals surface area contributed by atoms with Crippen molar-refractivity contribution in [1.82, 2.24) is 15.3 Å². The molecule has 34 heavy (non-hydrogen) atoms. The zero-order chi connectivity index (χ0) is 24.0. The highest BCUT2D eigenvalue weighted by Crippen LogP contribution is 2.32. The van der Waals surface area contributed by atoms with E-state index < -0.39 is 17.3 Å². The molecule has 0 bridgehead atoms. The number of hydrogen-bond donors (Lipinski definition) is 2. The molecule has 0 radical (unpaired) electrons. The lowest BCUT2D eigenvalue weighted by Crippen LogP contribution is -2.35. The Hall–Kier alpha value is -3.97. The van der Waals surface area contributed by atoms with Crippen molar-refractivity contribution in [1.29, 1.82) is 0 Å². The molecular formula is C26H22ClN3O4. The first kappa shape index (κ1) is 23.2. The Balaban J connectivity index is 1.45. The summed E-state index contributed by atoms with van der Waals surface area (Å²) < 4.78 is 5.87. The van der Waals surface area contributed by atoms with Crippen LogP contribution in [0.3, 0.4) is 0 Å². The number of aliphatic carboxylic acids is 1. The molecule has 1 aliphatic carbocycles. The van der Waals surface area contributed by atoms with Crippen LogP contribution in [0.4, 0.5) is 0 Å². The maximum absolute atomic E-state index is 12.9. The second-order valence-electron chi connectivity index (χ2n) is 7.83. The smallest absolute Gasteiger partial charge is 0.313 e. The summed E-state index contributed by atoms with van der Waals surface area (Å²) in [4.78, 5) is 32.9. The van der Waals surface area contributed by atoms with Gasteiger partial charge in [-0.05, 0) is 54.3 Å². The van der Waals surface area contributed by atoms with Crippen LogP contribution < -0.4 is 10.1 Å². The summed E-state index contributed by atoms with van der Waals surface area (Å²) in [6.07, 6.45) is 12.5. The monoisotopic (exact) mass is 475 g/mol. The second kappa shape index (κ2) is 10.3. The number of carboxylic acid groups (broad SMARTS) is 1. The first-order chi connectivity index (χ1) is 16.5. The fraction of sp³-hybridized carbons (Fsp3) is 0.154. The molecule has 3 aromatic rings. The van der Waals surface area contributed by atoms with Gasteiger partial charge in [-0.1, -0.05) is 48.0 Å². The number of hydrogen-bond acceptors (Lipinski definition) is 5. The fourth-order valence-corrected chi connectivity index (χ4v) is 3.81. The maximum Gasteiger partial charge on any atom is 0.313 e. The molecule has 1 atom stereocenters. The number of benzene rings is 1. The van der Waals surface area contributed by atoms with Gasteiger partial charge in [0, 0.05) is 25.1 Å². The van der Waals surface area contributed by atoms with Crippen molar-refractivity contribution in [3.8, 4) is 22.8 Å². The Bertz CT molecular complexity index is 1240. The molecule has 1 aliphatic rings. The lowest BCUT2D eigenvalue weighted by molar-refractivity contribution is -0.146. The third kappa shape index (κ3) is 5.32. The Morgan fingerprint density at radius 1 is 1.09 bits per heavy atom. The number of carbonyl (C=O) groups is 2. The zero-order valence-corrected chi connectivity index (χ0v) is 18.9. The number of rotatable bonds is 8. The quantitative estimate of drug-likeness (QED) is 0.458. The van der Waals surface area contributed by atoms with Crippen LogP contribution in [0.5, 0.6) is 11.6 Å². The van der Waals surface area contributed by atoms with Crippen LogP contribution in [0.2, 0.25) is 5.02 Å². The van der Waals surface area contributed by atoms with E-state index in [1.165, 1.54) is 12.3 Å². The molecule has 2 aromatic heterocycles. The average Bonchev–Trinajstić information content (AvgIpc) is 2.86. The number of allylic oxidation sites excluding steroid dienone is 3. The summed E-state index contributed by atoms with van der Waals surface area (Å²) in [6.45, 7) is 0.163. The minimum atomic E-state index is -1.04. The van der Waals surface area contributed by atoms with Crippen LogP contribution in [0, 0.1) is 5.41 Å². The summed E-state index contributed by atoms with van der Waals surface area (Å²) in [5.74, 6) is -0.766. The Morgan fingerprint density at radius 3 is 2.50 bits per heavy atom. The number of nitrogens with zero attached hydrogens (tertiary/aromatic N) is 2. The van der Waals surface area contributed by atoms with Gasteiger partial charge in [-0.15, -0.1) is 0 Å². The molecule has 2 N–H and O–H groups in total. The Morgan fingerprint density at radius 2 is 1.82 bits per heavy atom. The van der Waals surface area contributed by atoms with E-state index in [-0.39, 0.29) is 29.4 Å². The largest absolute Gasteiger partial charge is 0.481 e. The molecule has 8 heteroatoms. The van der Waals surface area contributed by atoms with E-state index in [0.717, 1.165) is 11.1 Å². The van der Waals surface area contributed by atoms with Crippen molar-refractivity contribution in [3.05, 3.63) is 95.9 Å². The van der Waals surface area contributed by atoms with Gasteiger partial charge in [0.15, 0.2) is 0 Å². The molecule has 7 nitrogen and oxygen atoms in total. The van der Waals surface area contributed by atoms with E-state index in [9.17, 15) is 14.7 Å². The van der Waals surface area contributed by atoms with E-state index in [1.807, 2.05) is 36.4 Å². The van der Waals surface area contributed by atoms with Crippen LogP contribution in [0.25, 0.3) is 11.1 Å². The summed E-state index contributed by atoms with van der Waals surface area (Å²) >= 11 is 6.07. The number of amides is 1. The summed E-state index contributed by atoms with van der Waals surface area (Å²) in [7, 11) is 0. The predicted molar refractivity (Wildman–Crippen MR) is 129 cm³/mol. The minimum absolute atomic E-state index is 0.104. The van der Waals surface area contributed by atoms with Gasteiger partial charge in [0.2, 0.25) is 5.88 Å². The van der Waals surface area contributed by atoms with Gasteiger partial charge in [0.05, 0.1) is 10.4 Å². The highest BCUT2D eigenvalue weighted by Gasteiger charge is 2.35. The standard InChI is InChI=1S/C26H22ClN3O4/c27-20-16-22(23(31)29-15-12-26(25(32)33)10-2-1-3-11-26)24(30-17-20)34-21-6-4-18(5-7-21)19-8-13-28-14-9-19/h1-10,13-14,16-17H,11-12,15H2,(H,29,31)(H,32,33). The van der Waals surface area contributed by atoms with E-state index in [2.05, 4.69) is 15.3 Å². The van der Waals surface area contributed by atoms with E-state index in [4.69, 9.17) is 16.3 Å². The lowest BCUT2D eigenvalue weighted by atomic mass is 9.79. The number of nitrogens with one attached hydrogen (secondary N) is 1. The number of pyridine rings is 2. The molecule has 0 aliphatic heterocycles. The van der Waals surface area contributed by atoms with Gasteiger partial charge in [-0.2, -0.15) is 0 Å². The molecule has 0 fully saturated rings. The number of aromatic nitrogens is 2. The average molecular weight is 476 g/mol. The van der Waals surface area contributed by atoms with Crippen molar-refractivity contribution in [3.63, 3.8) is 0 Å². The minimum Gasteiger partial charge on any atom is -0.481 e. The molecule has 172 valence electrons. The molecule has 1 aromatic carbocycles. The summed E-state index contributed by atoms with van der Waals surface area (Å²) in [5, 5.41) is 12.7. The second-order valence-corrected chi connectivity index (χ2v) is 8.26. The molecular weight excluding hydrogens is 454 g/mol. The number of halogens is 1. The highest BCUT2D eigenvalue weighted by molar-refractivity contribution is 6.30. The van der Waals surface area contributed by atoms with Crippen molar-refractivity contribution in [2.45, 2.75) is 12.8 Å². The molecule has 4 rings (SSSR count). The predicted octanol–water partition coefficient (Wildman–Crippen LogP) is 5.30. The molecule has 0 saturated carbocycles. The molecule has 1 amide bonds. The van der Waals surface area contributed by atoms with Gasteiger partial charge >= 0.3 is 5.97 Å². The van der Waals surface area contributed by atoms with E-state index in [1.54, 1.807) is 36.7 Å². The van der Waals surface area contributed by atoms with Gasteiger partial charge in [0.25, 0.3) is 5.91 Å². The first-order valence-electron chi connectivity index (χ1n) is 10.7. The number of carbonyl (C=O) groups excluding carboxylic acids is 1. The molecule has 0 saturated heterocycles. The van der Waals surface area contributed by atoms with Crippen LogP contribution in [-0.4, -0.2) is 33.5 Å². The Kier molecular flexibility index (Phi) is 7.04. The zero-order valence-electron chi connectivity index (χ0n) is 18.1. The molecule has 1 unspecified atom stereocenters. The van der Waals surface area contributed by atoms with Crippen molar-refractivity contribution < 1.29 is 19.4 Å². The van der Waals surface area contributed by atoms with Gasteiger partial charge in [-0.25, -0.2) is 4.98 Å². The van der Waals surface area contributed by atoms with E-state index in [0.29, 0.717) is 12.2 Å². The summed E-state index contributed by atoms with van der Waals surface area (Å²) in [5.41, 5.74) is 1.14. The third-order valence-corrected chi connectivity index (χ3v) is 5.78. The maximum atomic E-state index is 12.9. The molecule has 0 spiro atoms. The van der Waals surface area contributed by atoms with Gasteiger partial charge < -0.3 is 15.2 Å². The van der Waals surface area contributed by atoms with Crippen molar-refractivity contribution in [2.75, 3.05) is 6.54 Å². The number of carboxylic acids is 1. The van der Waals surface area contributed by atoms with Gasteiger partial charge in [0.1, 0.15) is 11.3 Å². The normalized spacial score (nSPS) is 16.7. The van der Waals surface area contributed by atoms with E-state index >= 15 is 0 Å². The highest BCUT2D eigenvalue weighted by atomic mass is 35.5. The third-order valence-electron chi connectivity index (χ3n) is 5.57. The Labute approximate surface area is 201 Å². The molecule has 2 heterocycles. The van der Waals surface area contributed by atoms with Gasteiger partial charge in [-0.3, -0.25) is 14.6 Å². The SMILES string of the molecule is O=C(NCCC1(C(=O)O)C=CC=CC1)c1cc(Cl)cnc1Oc1ccc(-c2ccncc2)cc1. The fourth-order valence-electron chi connectivity index (χ4n) is 3.65. The lowest BCUT2D eigenvalue weighted by Gasteiger charge is -2.26.